The van der Waals surface area contributed by atoms with Crippen LogP contribution in [0.4, 0.5) is 18.0 Å². The first kappa shape index (κ1) is 34.0. The Hall–Kier alpha value is -3.89. The highest BCUT2D eigenvalue weighted by Crippen LogP contribution is 2.34. The van der Waals surface area contributed by atoms with E-state index in [1.807, 2.05) is 67.6 Å². The zero-order valence-electron chi connectivity index (χ0n) is 25.4. The van der Waals surface area contributed by atoms with Crippen molar-refractivity contribution in [3.05, 3.63) is 107 Å². The fraction of sp³-hybridized carbons (Fsp3) is 0.429. The normalized spacial score (nSPS) is 20.2. The van der Waals surface area contributed by atoms with Crippen molar-refractivity contribution in [2.75, 3.05) is 6.54 Å². The quantitative estimate of drug-likeness (QED) is 0.187. The summed E-state index contributed by atoms with van der Waals surface area (Å²) in [5.41, 5.74) is 3.16. The Labute approximate surface area is 262 Å². The third-order valence-electron chi connectivity index (χ3n) is 8.90. The van der Waals surface area contributed by atoms with Gasteiger partial charge in [0.05, 0.1) is 6.04 Å². The van der Waals surface area contributed by atoms with Gasteiger partial charge in [-0.25, -0.2) is 9.59 Å². The van der Waals surface area contributed by atoms with Gasteiger partial charge in [0.2, 0.25) is 0 Å². The number of aliphatic carboxylic acids is 1. The summed E-state index contributed by atoms with van der Waals surface area (Å²) in [6, 6.07) is 27.9. The molecule has 0 radical (unpaired) electrons. The predicted molar refractivity (Wildman–Crippen MR) is 167 cm³/mol. The van der Waals surface area contributed by atoms with Gasteiger partial charge < -0.3 is 26.2 Å². The summed E-state index contributed by atoms with van der Waals surface area (Å²) in [7, 11) is 0. The van der Waals surface area contributed by atoms with Crippen LogP contribution in [-0.2, 0) is 16.8 Å². The molecule has 5 N–H and O–H groups in total. The molecule has 2 aliphatic rings. The number of carboxylic acid groups (broad SMARTS) is 1. The molecule has 7 nitrogen and oxygen atoms in total. The van der Waals surface area contributed by atoms with E-state index in [0.29, 0.717) is 12.0 Å². The second-order valence-electron chi connectivity index (χ2n) is 11.9. The molecule has 242 valence electrons. The summed E-state index contributed by atoms with van der Waals surface area (Å²) in [4.78, 5) is 21.9. The Balaban J connectivity index is 0.000000591. The van der Waals surface area contributed by atoms with Gasteiger partial charge in [0.25, 0.3) is 0 Å². The number of carbonyl (C=O) groups excluding carboxylic acids is 1. The average molecular weight is 626 g/mol. The molecule has 0 heterocycles. The fourth-order valence-corrected chi connectivity index (χ4v) is 6.41. The molecule has 45 heavy (non-hydrogen) atoms. The van der Waals surface area contributed by atoms with Crippen molar-refractivity contribution in [2.45, 2.75) is 81.8 Å². The second kappa shape index (κ2) is 15.4. The lowest BCUT2D eigenvalue weighted by Crippen LogP contribution is -2.54. The number of rotatable bonds is 9. The number of amides is 2. The molecular weight excluding hydrogens is 583 g/mol. The zero-order valence-corrected chi connectivity index (χ0v) is 25.4. The first-order chi connectivity index (χ1) is 21.5. The molecule has 0 aromatic heterocycles. The lowest BCUT2D eigenvalue weighted by atomic mass is 9.81. The summed E-state index contributed by atoms with van der Waals surface area (Å²) in [6.07, 6.45) is 2.77. The average Bonchev–Trinajstić information content (AvgIpc) is 3.45. The minimum Gasteiger partial charge on any atom is -0.475 e. The maximum atomic E-state index is 13.0. The number of aryl methyl sites for hydroxylation is 1. The molecule has 1 saturated carbocycles. The summed E-state index contributed by atoms with van der Waals surface area (Å²) < 4.78 is 31.7. The second-order valence-corrected chi connectivity index (χ2v) is 11.9. The van der Waals surface area contributed by atoms with Crippen LogP contribution in [0.3, 0.4) is 0 Å². The van der Waals surface area contributed by atoms with Gasteiger partial charge in [0, 0.05) is 12.1 Å². The Morgan fingerprint density at radius 3 is 1.93 bits per heavy atom. The molecule has 0 unspecified atom stereocenters. The largest absolute Gasteiger partial charge is 0.490 e. The Morgan fingerprint density at radius 1 is 0.844 bits per heavy atom. The molecule has 10 heteroatoms. The number of fused-ring (bicyclic) bond motifs is 1. The van der Waals surface area contributed by atoms with Crippen molar-refractivity contribution >= 4 is 12.0 Å². The number of urea groups is 1. The van der Waals surface area contributed by atoms with Crippen molar-refractivity contribution < 1.29 is 33.0 Å². The highest BCUT2D eigenvalue weighted by Gasteiger charge is 2.39. The minimum atomic E-state index is -5.08. The van der Waals surface area contributed by atoms with E-state index in [1.54, 1.807) is 0 Å². The highest BCUT2D eigenvalue weighted by molar-refractivity contribution is 5.75. The van der Waals surface area contributed by atoms with Crippen LogP contribution < -0.4 is 16.0 Å². The zero-order chi connectivity index (χ0) is 32.5. The predicted octanol–water partition coefficient (Wildman–Crippen LogP) is 6.47. The molecule has 1 fully saturated rings. The van der Waals surface area contributed by atoms with Crippen molar-refractivity contribution in [1.29, 1.82) is 0 Å². The monoisotopic (exact) mass is 625 g/mol. The van der Waals surface area contributed by atoms with Gasteiger partial charge in [0.15, 0.2) is 0 Å². The van der Waals surface area contributed by atoms with E-state index < -0.39 is 23.8 Å². The minimum absolute atomic E-state index is 0.176. The number of aliphatic hydroxyl groups is 1. The number of carbonyl (C=O) groups is 2. The molecule has 0 spiro atoms. The highest BCUT2D eigenvalue weighted by atomic mass is 19.4. The van der Waals surface area contributed by atoms with E-state index in [9.17, 15) is 23.1 Å². The number of benzene rings is 3. The molecule has 3 aromatic rings. The van der Waals surface area contributed by atoms with Gasteiger partial charge in [-0.1, -0.05) is 84.9 Å². The molecular formula is C35H42F3N3O4. The number of hydrogen-bond donors (Lipinski definition) is 5. The van der Waals surface area contributed by atoms with E-state index >= 15 is 0 Å². The molecule has 0 bridgehead atoms. The van der Waals surface area contributed by atoms with Crippen LogP contribution in [0.15, 0.2) is 84.9 Å². The van der Waals surface area contributed by atoms with Crippen molar-refractivity contribution in [3.63, 3.8) is 0 Å². The van der Waals surface area contributed by atoms with Crippen LogP contribution in [0, 0.1) is 5.92 Å². The summed E-state index contributed by atoms with van der Waals surface area (Å²) >= 11 is 0. The lowest BCUT2D eigenvalue weighted by molar-refractivity contribution is -0.192. The Kier molecular flexibility index (Phi) is 11.6. The Bertz CT molecular complexity index is 1340. The lowest BCUT2D eigenvalue weighted by Gasteiger charge is -2.36. The number of nitrogens with one attached hydrogen (secondary N) is 3. The number of halogens is 3. The van der Waals surface area contributed by atoms with Crippen LogP contribution in [0.25, 0.3) is 0 Å². The smallest absolute Gasteiger partial charge is 0.475 e. The van der Waals surface area contributed by atoms with Gasteiger partial charge in [-0.15, -0.1) is 0 Å². The Morgan fingerprint density at radius 2 is 1.38 bits per heavy atom. The first-order valence-electron chi connectivity index (χ1n) is 15.5. The third-order valence-corrected chi connectivity index (χ3v) is 8.90. The summed E-state index contributed by atoms with van der Waals surface area (Å²) in [6.45, 7) is 2.92. The maximum absolute atomic E-state index is 13.0. The molecule has 3 aromatic carbocycles. The van der Waals surface area contributed by atoms with E-state index in [2.05, 4.69) is 40.2 Å². The fourth-order valence-electron chi connectivity index (χ4n) is 6.41. The topological polar surface area (TPSA) is 111 Å². The molecule has 0 saturated heterocycles. The summed E-state index contributed by atoms with van der Waals surface area (Å²) in [5, 5.41) is 29.0. The van der Waals surface area contributed by atoms with E-state index in [4.69, 9.17) is 9.90 Å². The van der Waals surface area contributed by atoms with Crippen LogP contribution in [0.5, 0.6) is 0 Å². The molecule has 2 amide bonds. The molecule has 0 aliphatic heterocycles. The van der Waals surface area contributed by atoms with Crippen molar-refractivity contribution in [3.8, 4) is 0 Å². The van der Waals surface area contributed by atoms with Crippen LogP contribution in [-0.4, -0.2) is 47.0 Å². The van der Waals surface area contributed by atoms with Gasteiger partial charge in [-0.3, -0.25) is 0 Å². The van der Waals surface area contributed by atoms with Crippen LogP contribution >= 0.6 is 0 Å². The van der Waals surface area contributed by atoms with Gasteiger partial charge in [0.1, 0.15) is 5.60 Å². The third kappa shape index (κ3) is 9.08. The van der Waals surface area contributed by atoms with Crippen molar-refractivity contribution in [2.24, 2.45) is 5.92 Å². The number of carboxylic acids is 1. The van der Waals surface area contributed by atoms with E-state index in [0.717, 1.165) is 43.4 Å². The molecule has 2 aliphatic carbocycles. The standard InChI is InChI=1S/C33H41N3O2.C2HF3O2/c1-24(33(38,27-11-4-2-5-12-27)28-13-6-3-7-14-28)35-32(37)36-29-19-16-25(17-20-29)22-23-34-31-21-18-26-10-8-9-15-30(26)31;3-2(4,5)1(6)7/h2-15,24-25,29,31,34,38H,16-23H2,1H3,(H2,35,36,37);(H,6,7)/t24-,25?,29?,31-;/m1./s1. The van der Waals surface area contributed by atoms with E-state index in [-0.39, 0.29) is 12.1 Å². The SMILES string of the molecule is C[C@@H](NC(=O)NC1CCC(CCN[C@@H]2CCc3ccccc32)CC1)C(O)(c1ccccc1)c1ccccc1.O=C(O)C(F)(F)F. The molecule has 5 rings (SSSR count). The van der Waals surface area contributed by atoms with Gasteiger partial charge in [-0.2, -0.15) is 13.2 Å². The number of hydrogen-bond acceptors (Lipinski definition) is 4. The van der Waals surface area contributed by atoms with Gasteiger partial charge in [-0.05, 0) is 86.6 Å². The van der Waals surface area contributed by atoms with Gasteiger partial charge >= 0.3 is 18.2 Å². The van der Waals surface area contributed by atoms with Crippen LogP contribution in [0.1, 0.15) is 73.7 Å². The van der Waals surface area contributed by atoms with Crippen molar-refractivity contribution in [1.82, 2.24) is 16.0 Å². The van der Waals surface area contributed by atoms with Crippen LogP contribution in [0.2, 0.25) is 0 Å². The molecule has 2 atom stereocenters. The first-order valence-corrected chi connectivity index (χ1v) is 15.5. The maximum Gasteiger partial charge on any atom is 0.490 e. The number of alkyl halides is 3. The van der Waals surface area contributed by atoms with E-state index in [1.165, 1.54) is 30.4 Å². The summed E-state index contributed by atoms with van der Waals surface area (Å²) in [5.74, 6) is -2.05.